The van der Waals surface area contributed by atoms with Crippen LogP contribution >= 0.6 is 0 Å². The third kappa shape index (κ3) is 3.91. The normalized spacial score (nSPS) is 21.2. The van der Waals surface area contributed by atoms with Gasteiger partial charge in [-0.25, -0.2) is 0 Å². The highest BCUT2D eigenvalue weighted by Gasteiger charge is 2.43. The predicted octanol–water partition coefficient (Wildman–Crippen LogP) is 2.13. The number of carboxylic acid groups (broad SMARTS) is 1. The zero-order chi connectivity index (χ0) is 16.9. The number of likely N-dealkylation sites (tertiary alicyclic amines) is 1. The van der Waals surface area contributed by atoms with E-state index in [0.29, 0.717) is 25.8 Å². The molecule has 0 saturated carbocycles. The molecule has 0 spiro atoms. The Morgan fingerprint density at radius 1 is 1.30 bits per heavy atom. The number of piperidine rings is 1. The summed E-state index contributed by atoms with van der Waals surface area (Å²) in [5, 5.41) is 9.57. The molecule has 1 aliphatic heterocycles. The number of carboxylic acids is 1. The summed E-state index contributed by atoms with van der Waals surface area (Å²) < 4.78 is 5.11. The van der Waals surface area contributed by atoms with Gasteiger partial charge in [0.05, 0.1) is 13.0 Å². The van der Waals surface area contributed by atoms with E-state index in [1.165, 1.54) is 12.7 Å². The van der Waals surface area contributed by atoms with Crippen molar-refractivity contribution in [3.8, 4) is 0 Å². The Kier molecular flexibility index (Phi) is 5.77. The van der Waals surface area contributed by atoms with Crippen LogP contribution in [0.15, 0.2) is 24.3 Å². The van der Waals surface area contributed by atoms with Crippen molar-refractivity contribution in [3.05, 3.63) is 35.4 Å². The monoisotopic (exact) mass is 319 g/mol. The number of hydrogen-bond donors (Lipinski definition) is 1. The van der Waals surface area contributed by atoms with Crippen molar-refractivity contribution >= 4 is 11.9 Å². The minimum Gasteiger partial charge on any atom is -0.481 e. The maximum atomic E-state index is 12.6. The second-order valence-electron chi connectivity index (χ2n) is 6.24. The van der Waals surface area contributed by atoms with Crippen LogP contribution in [0.4, 0.5) is 0 Å². The first-order chi connectivity index (χ1) is 11.0. The summed E-state index contributed by atoms with van der Waals surface area (Å²) in [4.78, 5) is 26.0. The largest absolute Gasteiger partial charge is 0.481 e. The lowest BCUT2D eigenvalue weighted by Gasteiger charge is -2.39. The summed E-state index contributed by atoms with van der Waals surface area (Å²) in [6.07, 6.45) is 2.45. The summed E-state index contributed by atoms with van der Waals surface area (Å²) in [7, 11) is 1.50. The van der Waals surface area contributed by atoms with Gasteiger partial charge in [-0.1, -0.05) is 31.2 Å². The molecule has 1 aromatic rings. The van der Waals surface area contributed by atoms with E-state index in [-0.39, 0.29) is 19.1 Å². The Labute approximate surface area is 137 Å². The van der Waals surface area contributed by atoms with Gasteiger partial charge in [0, 0.05) is 20.2 Å². The molecule has 0 aromatic heterocycles. The number of nitrogens with zero attached hydrogens (tertiary/aromatic N) is 1. The summed E-state index contributed by atoms with van der Waals surface area (Å²) in [6.45, 7) is 3.05. The predicted molar refractivity (Wildman–Crippen MR) is 87.3 cm³/mol. The van der Waals surface area contributed by atoms with E-state index in [0.717, 1.165) is 12.0 Å². The molecule has 0 bridgehead atoms. The lowest BCUT2D eigenvalue weighted by atomic mass is 9.80. The van der Waals surface area contributed by atoms with Crippen LogP contribution in [0.25, 0.3) is 0 Å². The Bertz CT molecular complexity index is 568. The van der Waals surface area contributed by atoms with Gasteiger partial charge in [-0.3, -0.25) is 9.59 Å². The maximum Gasteiger partial charge on any atom is 0.313 e. The van der Waals surface area contributed by atoms with Crippen LogP contribution < -0.4 is 0 Å². The summed E-state index contributed by atoms with van der Waals surface area (Å²) in [5.74, 6) is -0.891. The Morgan fingerprint density at radius 2 is 2.00 bits per heavy atom. The standard InChI is InChI=1S/C18H25NO4/c1-3-14-7-4-5-8-15(14)11-16(20)19-10-6-9-18(12-19,13-23-2)17(21)22/h4-5,7-8H,3,6,9-13H2,1-2H3,(H,21,22). The van der Waals surface area contributed by atoms with E-state index in [9.17, 15) is 14.7 Å². The summed E-state index contributed by atoms with van der Waals surface area (Å²) in [6, 6.07) is 7.91. The fraction of sp³-hybridized carbons (Fsp3) is 0.556. The smallest absolute Gasteiger partial charge is 0.313 e. The molecule has 0 aliphatic carbocycles. The van der Waals surface area contributed by atoms with Gasteiger partial charge >= 0.3 is 5.97 Å². The van der Waals surface area contributed by atoms with Gasteiger partial charge in [0.15, 0.2) is 0 Å². The first-order valence-corrected chi connectivity index (χ1v) is 8.09. The number of amides is 1. The SMILES string of the molecule is CCc1ccccc1CC(=O)N1CCCC(COC)(C(=O)O)C1. The molecule has 1 amide bonds. The lowest BCUT2D eigenvalue weighted by molar-refractivity contribution is -0.159. The van der Waals surface area contributed by atoms with Crippen LogP contribution in [0.5, 0.6) is 0 Å². The van der Waals surface area contributed by atoms with Gasteiger partial charge < -0.3 is 14.7 Å². The number of hydrogen-bond acceptors (Lipinski definition) is 3. The molecule has 1 heterocycles. The molecule has 126 valence electrons. The summed E-state index contributed by atoms with van der Waals surface area (Å²) in [5.41, 5.74) is 1.21. The minimum absolute atomic E-state index is 0.00710. The fourth-order valence-electron chi connectivity index (χ4n) is 3.32. The number of rotatable bonds is 6. The minimum atomic E-state index is -0.979. The third-order valence-electron chi connectivity index (χ3n) is 4.64. The molecule has 23 heavy (non-hydrogen) atoms. The van der Waals surface area contributed by atoms with Crippen molar-refractivity contribution < 1.29 is 19.4 Å². The maximum absolute atomic E-state index is 12.6. The molecule has 1 atom stereocenters. The molecule has 5 heteroatoms. The Balaban J connectivity index is 2.11. The van der Waals surface area contributed by atoms with Crippen molar-refractivity contribution in [2.24, 2.45) is 5.41 Å². The zero-order valence-corrected chi connectivity index (χ0v) is 13.9. The van der Waals surface area contributed by atoms with Gasteiger partial charge in [-0.15, -0.1) is 0 Å². The number of aryl methyl sites for hydroxylation is 1. The van der Waals surface area contributed by atoms with Crippen LogP contribution in [0, 0.1) is 5.41 Å². The quantitative estimate of drug-likeness (QED) is 0.872. The average molecular weight is 319 g/mol. The highest BCUT2D eigenvalue weighted by atomic mass is 16.5. The van der Waals surface area contributed by atoms with Gasteiger partial charge in [0.2, 0.25) is 5.91 Å². The number of aliphatic carboxylic acids is 1. The molecule has 0 radical (unpaired) electrons. The van der Waals surface area contributed by atoms with Crippen LogP contribution in [-0.4, -0.2) is 48.7 Å². The molecule has 1 aliphatic rings. The average Bonchev–Trinajstić information content (AvgIpc) is 2.55. The van der Waals surface area contributed by atoms with E-state index in [1.54, 1.807) is 4.90 Å². The van der Waals surface area contributed by atoms with Gasteiger partial charge in [-0.2, -0.15) is 0 Å². The van der Waals surface area contributed by atoms with E-state index >= 15 is 0 Å². The molecule has 1 N–H and O–H groups in total. The Hall–Kier alpha value is -1.88. The summed E-state index contributed by atoms with van der Waals surface area (Å²) >= 11 is 0. The molecule has 1 aromatic carbocycles. The van der Waals surface area contributed by atoms with Crippen molar-refractivity contribution in [1.82, 2.24) is 4.90 Å². The van der Waals surface area contributed by atoms with Gasteiger partial charge in [-0.05, 0) is 30.4 Å². The molecular formula is C18H25NO4. The zero-order valence-electron chi connectivity index (χ0n) is 13.9. The lowest BCUT2D eigenvalue weighted by Crippen LogP contribution is -2.52. The highest BCUT2D eigenvalue weighted by molar-refractivity contribution is 5.81. The molecule has 2 rings (SSSR count). The van der Waals surface area contributed by atoms with Crippen LogP contribution in [0.1, 0.15) is 30.9 Å². The number of carbonyl (C=O) groups excluding carboxylic acids is 1. The molecule has 5 nitrogen and oxygen atoms in total. The van der Waals surface area contributed by atoms with Crippen molar-refractivity contribution in [1.29, 1.82) is 0 Å². The molecule has 1 saturated heterocycles. The van der Waals surface area contributed by atoms with E-state index in [1.807, 2.05) is 24.3 Å². The van der Waals surface area contributed by atoms with Crippen molar-refractivity contribution in [3.63, 3.8) is 0 Å². The molecule has 1 unspecified atom stereocenters. The van der Waals surface area contributed by atoms with E-state index in [2.05, 4.69) is 6.92 Å². The van der Waals surface area contributed by atoms with Crippen LogP contribution in [-0.2, 0) is 27.2 Å². The first-order valence-electron chi connectivity index (χ1n) is 8.09. The fourth-order valence-corrected chi connectivity index (χ4v) is 3.32. The van der Waals surface area contributed by atoms with Crippen molar-refractivity contribution in [2.45, 2.75) is 32.6 Å². The number of methoxy groups -OCH3 is 1. The first kappa shape index (κ1) is 17.5. The number of ether oxygens (including phenoxy) is 1. The van der Waals surface area contributed by atoms with Gasteiger partial charge in [0.25, 0.3) is 0 Å². The van der Waals surface area contributed by atoms with Crippen molar-refractivity contribution in [2.75, 3.05) is 26.8 Å². The second kappa shape index (κ2) is 7.59. The second-order valence-corrected chi connectivity index (χ2v) is 6.24. The number of carbonyl (C=O) groups is 2. The molecule has 1 fully saturated rings. The molecular weight excluding hydrogens is 294 g/mol. The van der Waals surface area contributed by atoms with E-state index < -0.39 is 11.4 Å². The third-order valence-corrected chi connectivity index (χ3v) is 4.64. The van der Waals surface area contributed by atoms with Crippen LogP contribution in [0.2, 0.25) is 0 Å². The van der Waals surface area contributed by atoms with Crippen LogP contribution in [0.3, 0.4) is 0 Å². The Morgan fingerprint density at radius 3 is 2.61 bits per heavy atom. The highest BCUT2D eigenvalue weighted by Crippen LogP contribution is 2.31. The topological polar surface area (TPSA) is 66.8 Å². The van der Waals surface area contributed by atoms with E-state index in [4.69, 9.17) is 4.74 Å². The number of benzene rings is 1. The van der Waals surface area contributed by atoms with Gasteiger partial charge in [0.1, 0.15) is 5.41 Å².